The molecule has 92 valence electrons. The lowest BCUT2D eigenvalue weighted by Crippen LogP contribution is -2.01. The van der Waals surface area contributed by atoms with Crippen molar-refractivity contribution in [1.82, 2.24) is 0 Å². The number of hydrogen-bond donors (Lipinski definition) is 0. The van der Waals surface area contributed by atoms with Crippen LogP contribution in [-0.2, 0) is 17.8 Å². The van der Waals surface area contributed by atoms with Crippen LogP contribution in [0.4, 0.5) is 0 Å². The highest BCUT2D eigenvalue weighted by atomic mass is 79.9. The number of nitrogens with zero attached hydrogens (tertiary/aromatic N) is 1. The third-order valence-electron chi connectivity index (χ3n) is 2.49. The van der Waals surface area contributed by atoms with Crippen molar-refractivity contribution in [2.24, 2.45) is 4.99 Å². The molecule has 0 radical (unpaired) electrons. The van der Waals surface area contributed by atoms with Gasteiger partial charge >= 0.3 is 0 Å². The fraction of sp³-hybridized carbons (Fsp3) is 0.417. The van der Waals surface area contributed by atoms with E-state index in [2.05, 4.69) is 20.9 Å². The second-order valence-electron chi connectivity index (χ2n) is 3.31. The number of hydrogen-bond acceptors (Lipinski definition) is 4. The summed E-state index contributed by atoms with van der Waals surface area (Å²) < 4.78 is 11.5. The molecule has 0 aliphatic heterocycles. The van der Waals surface area contributed by atoms with Gasteiger partial charge in [-0.05, 0) is 18.1 Å². The van der Waals surface area contributed by atoms with E-state index in [0.717, 1.165) is 22.0 Å². The summed E-state index contributed by atoms with van der Waals surface area (Å²) in [7, 11) is 3.19. The van der Waals surface area contributed by atoms with Crippen LogP contribution >= 0.6 is 15.9 Å². The van der Waals surface area contributed by atoms with Crippen molar-refractivity contribution in [3.05, 3.63) is 21.7 Å². The molecule has 0 fully saturated rings. The summed E-state index contributed by atoms with van der Waals surface area (Å²) in [5, 5.41) is 0. The van der Waals surface area contributed by atoms with Gasteiger partial charge in [0.15, 0.2) is 11.5 Å². The van der Waals surface area contributed by atoms with Gasteiger partial charge in [0.25, 0.3) is 0 Å². The summed E-state index contributed by atoms with van der Waals surface area (Å²) in [5.74, 6) is 1.35. The zero-order valence-electron chi connectivity index (χ0n) is 10.0. The summed E-state index contributed by atoms with van der Waals surface area (Å²) >= 11 is 3.45. The zero-order chi connectivity index (χ0) is 12.8. The fourth-order valence-electron chi connectivity index (χ4n) is 1.73. The van der Waals surface area contributed by atoms with Crippen molar-refractivity contribution in [3.8, 4) is 11.5 Å². The van der Waals surface area contributed by atoms with Crippen LogP contribution in [0.1, 0.15) is 18.1 Å². The van der Waals surface area contributed by atoms with Gasteiger partial charge in [0.2, 0.25) is 6.08 Å². The topological polar surface area (TPSA) is 47.9 Å². The Morgan fingerprint density at radius 3 is 2.53 bits per heavy atom. The number of halogens is 1. The molecular formula is C12H14BrNO3. The van der Waals surface area contributed by atoms with E-state index in [9.17, 15) is 4.79 Å². The monoisotopic (exact) mass is 299 g/mol. The number of benzene rings is 1. The number of carbonyl (C=O) groups excluding carboxylic acids is 1. The Balaban J connectivity index is 3.42. The Morgan fingerprint density at radius 2 is 2.06 bits per heavy atom. The minimum Gasteiger partial charge on any atom is -0.493 e. The average Bonchev–Trinajstić information content (AvgIpc) is 2.35. The predicted octanol–water partition coefficient (Wildman–Crippen LogP) is 2.86. The standard InChI is InChI=1S/C12H14BrNO3/c1-4-8-9(6-14-7-15)10(13)5-11(16-2)12(8)17-3/h5H,4,6H2,1-3H3. The number of methoxy groups -OCH3 is 2. The van der Waals surface area contributed by atoms with Gasteiger partial charge in [-0.2, -0.15) is 0 Å². The van der Waals surface area contributed by atoms with Crippen LogP contribution in [0.5, 0.6) is 11.5 Å². The number of aliphatic imine (C=N–C) groups is 1. The second kappa shape index (κ2) is 6.42. The summed E-state index contributed by atoms with van der Waals surface area (Å²) in [6.45, 7) is 2.30. The van der Waals surface area contributed by atoms with Gasteiger partial charge in [0.1, 0.15) is 0 Å². The van der Waals surface area contributed by atoms with E-state index >= 15 is 0 Å². The molecule has 0 amide bonds. The molecule has 0 bridgehead atoms. The Labute approximate surface area is 109 Å². The predicted molar refractivity (Wildman–Crippen MR) is 68.4 cm³/mol. The van der Waals surface area contributed by atoms with Crippen LogP contribution in [0.15, 0.2) is 15.5 Å². The van der Waals surface area contributed by atoms with Crippen molar-refractivity contribution in [2.45, 2.75) is 19.9 Å². The Morgan fingerprint density at radius 1 is 1.35 bits per heavy atom. The third kappa shape index (κ3) is 2.87. The first-order valence-corrected chi connectivity index (χ1v) is 5.94. The molecule has 17 heavy (non-hydrogen) atoms. The molecule has 1 aromatic rings. The number of rotatable bonds is 5. The van der Waals surface area contributed by atoms with E-state index < -0.39 is 0 Å². The highest BCUT2D eigenvalue weighted by Crippen LogP contribution is 2.38. The SMILES string of the molecule is CCc1c(CN=C=O)c(Br)cc(OC)c1OC. The van der Waals surface area contributed by atoms with E-state index in [4.69, 9.17) is 9.47 Å². The largest absolute Gasteiger partial charge is 0.493 e. The number of ether oxygens (including phenoxy) is 2. The van der Waals surface area contributed by atoms with Crippen LogP contribution in [-0.4, -0.2) is 20.3 Å². The molecular weight excluding hydrogens is 286 g/mol. The van der Waals surface area contributed by atoms with Crippen molar-refractivity contribution in [2.75, 3.05) is 14.2 Å². The lowest BCUT2D eigenvalue weighted by molar-refractivity contribution is 0.351. The Kier molecular flexibility index (Phi) is 5.19. The molecule has 0 saturated carbocycles. The molecule has 1 rings (SSSR count). The molecule has 0 aliphatic rings. The number of isocyanates is 1. The molecule has 0 unspecified atom stereocenters. The highest BCUT2D eigenvalue weighted by molar-refractivity contribution is 9.10. The maximum atomic E-state index is 10.2. The van der Waals surface area contributed by atoms with Crippen LogP contribution in [0.3, 0.4) is 0 Å². The molecule has 0 aromatic heterocycles. The second-order valence-corrected chi connectivity index (χ2v) is 4.17. The maximum absolute atomic E-state index is 10.2. The first kappa shape index (κ1) is 13.7. The van der Waals surface area contributed by atoms with E-state index in [0.29, 0.717) is 11.5 Å². The summed E-state index contributed by atoms with van der Waals surface area (Å²) in [6, 6.07) is 1.81. The van der Waals surface area contributed by atoms with Crippen molar-refractivity contribution in [1.29, 1.82) is 0 Å². The van der Waals surface area contributed by atoms with Crippen molar-refractivity contribution in [3.63, 3.8) is 0 Å². The van der Waals surface area contributed by atoms with Crippen molar-refractivity contribution >= 4 is 22.0 Å². The van der Waals surface area contributed by atoms with Crippen LogP contribution < -0.4 is 9.47 Å². The van der Waals surface area contributed by atoms with E-state index in [1.165, 1.54) is 0 Å². The highest BCUT2D eigenvalue weighted by Gasteiger charge is 2.16. The summed E-state index contributed by atoms with van der Waals surface area (Å²) in [4.78, 5) is 13.8. The molecule has 0 heterocycles. The van der Waals surface area contributed by atoms with Gasteiger partial charge in [-0.15, -0.1) is 0 Å². The lowest BCUT2D eigenvalue weighted by atomic mass is 10.0. The molecule has 0 aliphatic carbocycles. The van der Waals surface area contributed by atoms with Gasteiger partial charge in [0, 0.05) is 10.0 Å². The molecule has 0 atom stereocenters. The summed E-state index contributed by atoms with van der Waals surface area (Å²) in [5.41, 5.74) is 1.91. The molecule has 0 saturated heterocycles. The zero-order valence-corrected chi connectivity index (χ0v) is 11.6. The molecule has 0 N–H and O–H groups in total. The van der Waals surface area contributed by atoms with Crippen molar-refractivity contribution < 1.29 is 14.3 Å². The minimum absolute atomic E-state index is 0.285. The molecule has 1 aromatic carbocycles. The Hall–Kier alpha value is -1.32. The quantitative estimate of drug-likeness (QED) is 0.620. The van der Waals surface area contributed by atoms with Crippen LogP contribution in [0, 0.1) is 0 Å². The fourth-order valence-corrected chi connectivity index (χ4v) is 2.30. The van der Waals surface area contributed by atoms with Gasteiger partial charge in [0.05, 0.1) is 20.8 Å². The van der Waals surface area contributed by atoms with Crippen LogP contribution in [0.25, 0.3) is 0 Å². The molecule has 4 nitrogen and oxygen atoms in total. The molecule has 0 spiro atoms. The van der Waals surface area contributed by atoms with Gasteiger partial charge in [-0.1, -0.05) is 22.9 Å². The van der Waals surface area contributed by atoms with E-state index in [1.807, 2.05) is 13.0 Å². The first-order chi connectivity index (χ1) is 8.19. The van der Waals surface area contributed by atoms with E-state index in [1.54, 1.807) is 20.3 Å². The lowest BCUT2D eigenvalue weighted by Gasteiger charge is -2.16. The van der Waals surface area contributed by atoms with E-state index in [-0.39, 0.29) is 6.54 Å². The minimum atomic E-state index is 0.285. The van der Waals surface area contributed by atoms with Gasteiger partial charge in [-0.25, -0.2) is 9.79 Å². The van der Waals surface area contributed by atoms with Gasteiger partial charge in [-0.3, -0.25) is 0 Å². The van der Waals surface area contributed by atoms with Crippen LogP contribution in [0.2, 0.25) is 0 Å². The molecule has 5 heteroatoms. The third-order valence-corrected chi connectivity index (χ3v) is 3.20. The first-order valence-electron chi connectivity index (χ1n) is 5.15. The smallest absolute Gasteiger partial charge is 0.235 e. The summed E-state index contributed by atoms with van der Waals surface area (Å²) in [6.07, 6.45) is 2.31. The maximum Gasteiger partial charge on any atom is 0.235 e. The average molecular weight is 300 g/mol. The Bertz CT molecular complexity index is 454. The van der Waals surface area contributed by atoms with Gasteiger partial charge < -0.3 is 9.47 Å². The normalized spacial score (nSPS) is 9.65.